The maximum Gasteiger partial charge on any atom is 0.306 e. The van der Waals surface area contributed by atoms with E-state index < -0.39 is 5.60 Å². The van der Waals surface area contributed by atoms with Crippen LogP contribution in [-0.4, -0.2) is 22.3 Å². The molecule has 0 amide bonds. The highest BCUT2D eigenvalue weighted by molar-refractivity contribution is 5.70. The zero-order chi connectivity index (χ0) is 13.5. The van der Waals surface area contributed by atoms with Crippen LogP contribution in [0.5, 0.6) is 0 Å². The first-order chi connectivity index (χ1) is 8.88. The molecule has 0 aromatic rings. The lowest BCUT2D eigenvalue weighted by molar-refractivity contribution is -0.279. The Kier molecular flexibility index (Phi) is 2.16. The number of hydrogen-bond donors (Lipinski definition) is 1. The summed E-state index contributed by atoms with van der Waals surface area (Å²) in [6.45, 7) is 4.10. The van der Waals surface area contributed by atoms with Gasteiger partial charge in [-0.05, 0) is 49.9 Å². The number of rotatable bonds is 3. The first-order valence-corrected chi connectivity index (χ1v) is 7.82. The fourth-order valence-electron chi connectivity index (χ4n) is 6.15. The lowest BCUT2D eigenvalue weighted by Crippen LogP contribution is -2.70. The van der Waals surface area contributed by atoms with Gasteiger partial charge in [0.05, 0.1) is 5.60 Å². The van der Waals surface area contributed by atoms with E-state index in [1.165, 1.54) is 6.42 Å². The largest absolute Gasteiger partial charge is 0.458 e. The van der Waals surface area contributed by atoms with Crippen LogP contribution in [0.4, 0.5) is 0 Å². The van der Waals surface area contributed by atoms with Crippen molar-refractivity contribution >= 4 is 5.97 Å². The number of aliphatic hydroxyl groups is 1. The molecule has 4 fully saturated rings. The molecule has 106 valence electrons. The molecule has 1 spiro atoms. The molecular formula is C16H24O3. The van der Waals surface area contributed by atoms with Gasteiger partial charge in [0.25, 0.3) is 0 Å². The third kappa shape index (κ3) is 1.30. The van der Waals surface area contributed by atoms with Crippen LogP contribution in [-0.2, 0) is 9.53 Å². The molecule has 5 unspecified atom stereocenters. The third-order valence-corrected chi connectivity index (χ3v) is 6.41. The minimum atomic E-state index is -0.513. The molecule has 0 aromatic carbocycles. The fourth-order valence-corrected chi connectivity index (χ4v) is 6.15. The highest BCUT2D eigenvalue weighted by atomic mass is 16.6. The molecule has 0 radical (unpaired) electrons. The molecule has 0 heterocycles. The number of fused-ring (bicyclic) bond motifs is 2. The van der Waals surface area contributed by atoms with Gasteiger partial charge in [0.15, 0.2) is 0 Å². The van der Waals surface area contributed by atoms with E-state index in [4.69, 9.17) is 4.74 Å². The fraction of sp³-hybridized carbons (Fsp3) is 0.938. The summed E-state index contributed by atoms with van der Waals surface area (Å²) in [5, 5.41) is 10.9. The second-order valence-corrected chi connectivity index (χ2v) is 8.14. The van der Waals surface area contributed by atoms with Gasteiger partial charge in [-0.15, -0.1) is 0 Å². The summed E-state index contributed by atoms with van der Waals surface area (Å²) >= 11 is 0. The third-order valence-electron chi connectivity index (χ3n) is 6.41. The predicted octanol–water partition coefficient (Wildman–Crippen LogP) is 2.66. The van der Waals surface area contributed by atoms with Gasteiger partial charge in [0.1, 0.15) is 5.60 Å². The predicted molar refractivity (Wildman–Crippen MR) is 70.3 cm³/mol. The summed E-state index contributed by atoms with van der Waals surface area (Å²) < 4.78 is 5.98. The summed E-state index contributed by atoms with van der Waals surface area (Å²) in [6, 6.07) is 0. The van der Waals surface area contributed by atoms with Crippen LogP contribution in [0.2, 0.25) is 0 Å². The van der Waals surface area contributed by atoms with Gasteiger partial charge in [-0.3, -0.25) is 4.79 Å². The molecule has 1 N–H and O–H groups in total. The van der Waals surface area contributed by atoms with E-state index in [-0.39, 0.29) is 17.0 Å². The van der Waals surface area contributed by atoms with Crippen molar-refractivity contribution in [3.8, 4) is 0 Å². The van der Waals surface area contributed by atoms with Gasteiger partial charge >= 0.3 is 5.97 Å². The monoisotopic (exact) mass is 264 g/mol. The zero-order valence-corrected chi connectivity index (χ0v) is 11.9. The summed E-state index contributed by atoms with van der Waals surface area (Å²) in [7, 11) is 0. The van der Waals surface area contributed by atoms with Crippen LogP contribution >= 0.6 is 0 Å². The first-order valence-electron chi connectivity index (χ1n) is 7.82. The van der Waals surface area contributed by atoms with E-state index in [9.17, 15) is 9.90 Å². The molecule has 4 aliphatic rings. The molecular weight excluding hydrogens is 240 g/mol. The van der Waals surface area contributed by atoms with E-state index in [1.54, 1.807) is 0 Å². The van der Waals surface area contributed by atoms with Crippen molar-refractivity contribution in [1.29, 1.82) is 0 Å². The Labute approximate surface area is 114 Å². The van der Waals surface area contributed by atoms with Gasteiger partial charge in [-0.25, -0.2) is 0 Å². The zero-order valence-electron chi connectivity index (χ0n) is 11.9. The molecule has 3 bridgehead atoms. The lowest BCUT2D eigenvalue weighted by Gasteiger charge is -2.62. The van der Waals surface area contributed by atoms with Crippen LogP contribution < -0.4 is 0 Å². The highest BCUT2D eigenvalue weighted by Gasteiger charge is 2.83. The average Bonchev–Trinajstić information content (AvgIpc) is 2.52. The van der Waals surface area contributed by atoms with Gasteiger partial charge in [-0.2, -0.15) is 0 Å². The van der Waals surface area contributed by atoms with E-state index in [0.717, 1.165) is 25.7 Å². The second-order valence-electron chi connectivity index (χ2n) is 8.14. The molecule has 0 aromatic heterocycles. The molecule has 0 aliphatic heterocycles. The van der Waals surface area contributed by atoms with Crippen LogP contribution in [0.1, 0.15) is 58.8 Å². The van der Waals surface area contributed by atoms with E-state index in [1.807, 2.05) is 13.8 Å². The molecule has 3 nitrogen and oxygen atoms in total. The molecule has 4 rings (SSSR count). The molecule has 4 saturated carbocycles. The topological polar surface area (TPSA) is 46.5 Å². The number of carbonyl (C=O) groups excluding carboxylic acids is 1. The van der Waals surface area contributed by atoms with Crippen molar-refractivity contribution in [2.45, 2.75) is 70.0 Å². The van der Waals surface area contributed by atoms with Crippen molar-refractivity contribution in [2.24, 2.45) is 23.2 Å². The Balaban J connectivity index is 1.61. The average molecular weight is 264 g/mol. The van der Waals surface area contributed by atoms with Crippen molar-refractivity contribution in [3.63, 3.8) is 0 Å². The Bertz CT molecular complexity index is 441. The van der Waals surface area contributed by atoms with E-state index in [2.05, 4.69) is 0 Å². The first kappa shape index (κ1) is 12.2. The van der Waals surface area contributed by atoms with Crippen molar-refractivity contribution < 1.29 is 14.6 Å². The van der Waals surface area contributed by atoms with Crippen LogP contribution in [0, 0.1) is 23.2 Å². The summed E-state index contributed by atoms with van der Waals surface area (Å²) in [5.41, 5.74) is -0.884. The van der Waals surface area contributed by atoms with Gasteiger partial charge in [-0.1, -0.05) is 13.8 Å². The molecule has 0 saturated heterocycles. The highest BCUT2D eigenvalue weighted by Crippen LogP contribution is 2.79. The summed E-state index contributed by atoms with van der Waals surface area (Å²) in [4.78, 5) is 12.1. The van der Waals surface area contributed by atoms with Gasteiger partial charge in [0.2, 0.25) is 0 Å². The van der Waals surface area contributed by atoms with E-state index in [0.29, 0.717) is 30.6 Å². The summed E-state index contributed by atoms with van der Waals surface area (Å²) in [6.07, 6.45) is 6.60. The number of hydrogen-bond acceptors (Lipinski definition) is 3. The minimum absolute atomic E-state index is 0.0533. The SMILES string of the molecule is CC(C)CC(=O)OC12CC3CC4CC(O)(C1)C2(C4)C3. The molecule has 3 heteroatoms. The molecule has 4 aliphatic carbocycles. The summed E-state index contributed by atoms with van der Waals surface area (Å²) in [5.74, 6) is 1.65. The van der Waals surface area contributed by atoms with Crippen LogP contribution in [0.15, 0.2) is 0 Å². The van der Waals surface area contributed by atoms with Crippen molar-refractivity contribution in [2.75, 3.05) is 0 Å². The van der Waals surface area contributed by atoms with Crippen LogP contribution in [0.3, 0.4) is 0 Å². The van der Waals surface area contributed by atoms with Crippen LogP contribution in [0.25, 0.3) is 0 Å². The Morgan fingerprint density at radius 3 is 2.63 bits per heavy atom. The van der Waals surface area contributed by atoms with Gasteiger partial charge < -0.3 is 9.84 Å². The number of carbonyl (C=O) groups is 1. The minimum Gasteiger partial charge on any atom is -0.458 e. The molecule has 19 heavy (non-hydrogen) atoms. The molecule has 5 atom stereocenters. The lowest BCUT2D eigenvalue weighted by atomic mass is 9.49. The smallest absolute Gasteiger partial charge is 0.306 e. The van der Waals surface area contributed by atoms with Crippen molar-refractivity contribution in [3.05, 3.63) is 0 Å². The Hall–Kier alpha value is -0.570. The maximum absolute atomic E-state index is 12.1. The Morgan fingerprint density at radius 2 is 1.95 bits per heavy atom. The van der Waals surface area contributed by atoms with Gasteiger partial charge in [0, 0.05) is 18.3 Å². The Morgan fingerprint density at radius 1 is 1.26 bits per heavy atom. The number of esters is 1. The number of ether oxygens (including phenoxy) is 1. The quantitative estimate of drug-likeness (QED) is 0.797. The second kappa shape index (κ2) is 3.36. The maximum atomic E-state index is 12.1. The van der Waals surface area contributed by atoms with E-state index >= 15 is 0 Å². The van der Waals surface area contributed by atoms with Crippen molar-refractivity contribution in [1.82, 2.24) is 0 Å². The standard InChI is InChI=1S/C16H24O3/c1-10(2)3-13(17)19-16-8-12-4-11-5-14(16,6-12)15(18,7-11)9-16/h10-12,18H,3-9H2,1-2H3. The normalized spacial score (nSPS) is 53.3.